The summed E-state index contributed by atoms with van der Waals surface area (Å²) >= 11 is 3.57. The molecule has 0 spiro atoms. The number of fused-ring (bicyclic) bond motifs is 1. The molecule has 0 saturated heterocycles. The van der Waals surface area contributed by atoms with E-state index in [1.54, 1.807) is 0 Å². The van der Waals surface area contributed by atoms with E-state index in [4.69, 9.17) is 0 Å². The Morgan fingerprint density at radius 2 is 1.90 bits per heavy atom. The van der Waals surface area contributed by atoms with Crippen LogP contribution in [0.3, 0.4) is 0 Å². The van der Waals surface area contributed by atoms with E-state index in [-0.39, 0.29) is 0 Å². The van der Waals surface area contributed by atoms with Crippen LogP contribution in [0, 0.1) is 25.2 Å². The number of aromatic nitrogens is 1. The molecule has 1 aromatic heterocycles. The lowest BCUT2D eigenvalue weighted by Gasteiger charge is -2.12. The first kappa shape index (κ1) is 14.1. The lowest BCUT2D eigenvalue weighted by Crippen LogP contribution is -2.01. The minimum absolute atomic E-state index is 0.619. The number of aryl methyl sites for hydroxylation is 4. The van der Waals surface area contributed by atoms with Crippen molar-refractivity contribution in [3.63, 3.8) is 0 Å². The molecule has 1 aliphatic rings. The molecule has 0 saturated carbocycles. The molecule has 3 nitrogen and oxygen atoms in total. The van der Waals surface area contributed by atoms with E-state index in [0.717, 1.165) is 46.2 Å². The lowest BCUT2D eigenvalue weighted by molar-refractivity contribution is 0.900. The second-order valence-electron chi connectivity index (χ2n) is 5.50. The first-order chi connectivity index (χ1) is 10.1. The van der Waals surface area contributed by atoms with E-state index in [9.17, 15) is 5.26 Å². The maximum atomic E-state index is 9.34. The summed E-state index contributed by atoms with van der Waals surface area (Å²) < 4.78 is 1.12. The molecule has 1 heterocycles. The zero-order valence-electron chi connectivity index (χ0n) is 12.1. The van der Waals surface area contributed by atoms with E-state index in [1.165, 1.54) is 5.56 Å². The number of hydrogen-bond acceptors (Lipinski definition) is 3. The third-order valence-corrected chi connectivity index (χ3v) is 5.12. The van der Waals surface area contributed by atoms with Crippen molar-refractivity contribution in [3.8, 4) is 6.07 Å². The third kappa shape index (κ3) is 2.66. The highest BCUT2D eigenvalue weighted by Crippen LogP contribution is 2.29. The molecule has 0 radical (unpaired) electrons. The van der Waals surface area contributed by atoms with Crippen LogP contribution in [0.5, 0.6) is 0 Å². The van der Waals surface area contributed by atoms with Gasteiger partial charge in [-0.2, -0.15) is 5.26 Å². The number of nitrogens with zero attached hydrogens (tertiary/aromatic N) is 2. The summed E-state index contributed by atoms with van der Waals surface area (Å²) in [6.07, 6.45) is 3.18. The van der Waals surface area contributed by atoms with Crippen molar-refractivity contribution < 1.29 is 0 Å². The van der Waals surface area contributed by atoms with Gasteiger partial charge < -0.3 is 5.32 Å². The van der Waals surface area contributed by atoms with Gasteiger partial charge in [-0.25, -0.2) is 4.98 Å². The third-order valence-electron chi connectivity index (χ3n) is 3.87. The Morgan fingerprint density at radius 3 is 2.57 bits per heavy atom. The van der Waals surface area contributed by atoms with Gasteiger partial charge in [0.2, 0.25) is 0 Å². The zero-order chi connectivity index (χ0) is 15.0. The Labute approximate surface area is 133 Å². The number of hydrogen-bond donors (Lipinski definition) is 1. The average Bonchev–Trinajstić information content (AvgIpc) is 2.91. The van der Waals surface area contributed by atoms with Crippen LogP contribution in [0.2, 0.25) is 0 Å². The number of anilines is 2. The fraction of sp³-hybridized carbons (Fsp3) is 0.294. The number of pyridine rings is 1. The molecule has 0 atom stereocenters. The molecule has 0 aliphatic heterocycles. The second kappa shape index (κ2) is 5.50. The number of halogens is 1. The summed E-state index contributed by atoms with van der Waals surface area (Å²) in [4.78, 5) is 4.66. The highest BCUT2D eigenvalue weighted by atomic mass is 79.9. The first-order valence-electron chi connectivity index (χ1n) is 7.05. The highest BCUT2D eigenvalue weighted by Gasteiger charge is 2.16. The van der Waals surface area contributed by atoms with Gasteiger partial charge in [-0.1, -0.05) is 15.9 Å². The van der Waals surface area contributed by atoms with Crippen LogP contribution in [0.1, 0.15) is 34.4 Å². The van der Waals surface area contributed by atoms with Crippen molar-refractivity contribution in [2.24, 2.45) is 0 Å². The first-order valence-corrected chi connectivity index (χ1v) is 7.84. The Kier molecular flexibility index (Phi) is 3.69. The molecule has 2 aromatic rings. The molecule has 0 fully saturated rings. The SMILES string of the molecule is Cc1cc(Nc2nc3c(cc2C#N)CCC3)cc(C)c1Br. The largest absolute Gasteiger partial charge is 0.339 e. The van der Waals surface area contributed by atoms with Crippen LogP contribution in [0.25, 0.3) is 0 Å². The van der Waals surface area contributed by atoms with Crippen molar-refractivity contribution in [2.45, 2.75) is 33.1 Å². The number of benzene rings is 1. The van der Waals surface area contributed by atoms with Gasteiger partial charge in [0.25, 0.3) is 0 Å². The molecule has 3 rings (SSSR count). The van der Waals surface area contributed by atoms with Gasteiger partial charge in [-0.15, -0.1) is 0 Å². The Balaban J connectivity index is 2.00. The maximum absolute atomic E-state index is 9.34. The summed E-state index contributed by atoms with van der Waals surface area (Å²) in [5.41, 5.74) is 6.26. The quantitative estimate of drug-likeness (QED) is 0.870. The molecule has 0 bridgehead atoms. The smallest absolute Gasteiger partial charge is 0.148 e. The average molecular weight is 342 g/mol. The summed E-state index contributed by atoms with van der Waals surface area (Å²) in [7, 11) is 0. The molecular weight excluding hydrogens is 326 g/mol. The molecule has 1 N–H and O–H groups in total. The summed E-state index contributed by atoms with van der Waals surface area (Å²) in [5, 5.41) is 12.7. The van der Waals surface area contributed by atoms with Crippen LogP contribution in [0.4, 0.5) is 11.5 Å². The normalized spacial score (nSPS) is 12.9. The van der Waals surface area contributed by atoms with Gasteiger partial charge in [0.1, 0.15) is 11.9 Å². The number of rotatable bonds is 2. The van der Waals surface area contributed by atoms with E-state index in [1.807, 2.05) is 6.07 Å². The minimum Gasteiger partial charge on any atom is -0.339 e. The van der Waals surface area contributed by atoms with E-state index < -0.39 is 0 Å². The summed E-state index contributed by atoms with van der Waals surface area (Å²) in [6, 6.07) is 8.36. The van der Waals surface area contributed by atoms with E-state index in [2.05, 4.69) is 58.3 Å². The van der Waals surface area contributed by atoms with E-state index >= 15 is 0 Å². The predicted molar refractivity (Wildman–Crippen MR) is 87.9 cm³/mol. The number of nitrogens with one attached hydrogen (secondary N) is 1. The Morgan fingerprint density at radius 1 is 1.19 bits per heavy atom. The Hall–Kier alpha value is -1.86. The van der Waals surface area contributed by atoms with Gasteiger partial charge in [-0.3, -0.25) is 0 Å². The number of nitriles is 1. The van der Waals surface area contributed by atoms with Crippen LogP contribution < -0.4 is 5.32 Å². The van der Waals surface area contributed by atoms with Crippen molar-refractivity contribution >= 4 is 27.4 Å². The molecule has 4 heteroatoms. The monoisotopic (exact) mass is 341 g/mol. The van der Waals surface area contributed by atoms with Crippen LogP contribution in [-0.4, -0.2) is 4.98 Å². The topological polar surface area (TPSA) is 48.7 Å². The molecule has 0 unspecified atom stereocenters. The minimum atomic E-state index is 0.619. The fourth-order valence-corrected chi connectivity index (χ4v) is 3.04. The predicted octanol–water partition coefficient (Wildman–Crippen LogP) is 4.56. The maximum Gasteiger partial charge on any atom is 0.148 e. The van der Waals surface area contributed by atoms with Gasteiger partial charge in [-0.05, 0) is 68.0 Å². The molecule has 106 valence electrons. The van der Waals surface area contributed by atoms with Crippen LogP contribution in [0.15, 0.2) is 22.7 Å². The molecule has 1 aromatic carbocycles. The molecular formula is C17H16BrN3. The van der Waals surface area contributed by atoms with Gasteiger partial charge in [0.15, 0.2) is 0 Å². The second-order valence-corrected chi connectivity index (χ2v) is 6.30. The van der Waals surface area contributed by atoms with Crippen molar-refractivity contribution in [1.82, 2.24) is 4.98 Å². The summed E-state index contributed by atoms with van der Waals surface area (Å²) in [5.74, 6) is 0.666. The summed E-state index contributed by atoms with van der Waals surface area (Å²) in [6.45, 7) is 4.12. The highest BCUT2D eigenvalue weighted by molar-refractivity contribution is 9.10. The van der Waals surface area contributed by atoms with E-state index in [0.29, 0.717) is 11.4 Å². The van der Waals surface area contributed by atoms with Crippen molar-refractivity contribution in [2.75, 3.05) is 5.32 Å². The van der Waals surface area contributed by atoms with Gasteiger partial charge in [0, 0.05) is 15.9 Å². The lowest BCUT2D eigenvalue weighted by atomic mass is 10.1. The van der Waals surface area contributed by atoms with Crippen molar-refractivity contribution in [3.05, 3.63) is 50.6 Å². The van der Waals surface area contributed by atoms with Crippen LogP contribution >= 0.6 is 15.9 Å². The van der Waals surface area contributed by atoms with Gasteiger partial charge in [0.05, 0.1) is 5.56 Å². The molecule has 0 amide bonds. The van der Waals surface area contributed by atoms with Crippen LogP contribution in [-0.2, 0) is 12.8 Å². The molecule has 21 heavy (non-hydrogen) atoms. The molecule has 1 aliphatic carbocycles. The zero-order valence-corrected chi connectivity index (χ0v) is 13.7. The standard InChI is InChI=1S/C17H16BrN3/c1-10-6-14(7-11(2)16(10)18)20-17-13(9-19)8-12-4-3-5-15(12)21-17/h6-8H,3-5H2,1-2H3,(H,20,21). The fourth-order valence-electron chi connectivity index (χ4n) is 2.81. The van der Waals surface area contributed by atoms with Crippen molar-refractivity contribution in [1.29, 1.82) is 5.26 Å². The van der Waals surface area contributed by atoms with Gasteiger partial charge >= 0.3 is 0 Å². The Bertz CT molecular complexity index is 736.